The second kappa shape index (κ2) is 35.9. The van der Waals surface area contributed by atoms with E-state index in [0.29, 0.717) is 19.3 Å². The Labute approximate surface area is 314 Å². The Bertz CT molecular complexity index is 1030. The zero-order valence-corrected chi connectivity index (χ0v) is 33.0. The van der Waals surface area contributed by atoms with Crippen LogP contribution < -0.4 is 0 Å². The van der Waals surface area contributed by atoms with E-state index in [1.54, 1.807) is 0 Å². The highest BCUT2D eigenvalue weighted by molar-refractivity contribution is 7.47. The fourth-order valence-electron chi connectivity index (χ4n) is 4.91. The summed E-state index contributed by atoms with van der Waals surface area (Å²) < 4.78 is 32.5. The molecule has 3 atom stereocenters. The smallest absolute Gasteiger partial charge is 0.462 e. The van der Waals surface area contributed by atoms with E-state index in [9.17, 15) is 24.2 Å². The van der Waals surface area contributed by atoms with E-state index in [-0.39, 0.29) is 26.1 Å². The number of rotatable bonds is 36. The zero-order valence-electron chi connectivity index (χ0n) is 32.1. The summed E-state index contributed by atoms with van der Waals surface area (Å²) in [6.07, 6.45) is 32.6. The van der Waals surface area contributed by atoms with Gasteiger partial charge < -0.3 is 29.7 Å². The molecular weight excluding hydrogens is 687 g/mol. The number of hydrogen-bond acceptors (Lipinski definition) is 10. The first kappa shape index (κ1) is 49.9. The number of hydrogen-bond donors (Lipinski definition) is 4. The molecule has 0 aliphatic carbocycles. The first-order valence-corrected chi connectivity index (χ1v) is 21.1. The van der Waals surface area contributed by atoms with E-state index < -0.39 is 51.8 Å². The van der Waals surface area contributed by atoms with Crippen molar-refractivity contribution < 1.29 is 52.9 Å². The highest BCUT2D eigenvalue weighted by atomic mass is 31.2. The minimum atomic E-state index is -4.63. The molecule has 0 amide bonds. The van der Waals surface area contributed by atoms with E-state index in [4.69, 9.17) is 24.2 Å². The average molecular weight is 759 g/mol. The van der Waals surface area contributed by atoms with Crippen LogP contribution in [0, 0.1) is 5.92 Å². The van der Waals surface area contributed by atoms with Gasteiger partial charge in [-0.1, -0.05) is 120 Å². The molecule has 0 saturated heterocycles. The van der Waals surface area contributed by atoms with Crippen LogP contribution in [0.1, 0.15) is 142 Å². The fourth-order valence-corrected chi connectivity index (χ4v) is 5.70. The third kappa shape index (κ3) is 36.3. The number of phosphoric acid groups is 1. The summed E-state index contributed by atoms with van der Waals surface area (Å²) in [5.74, 6) is -0.262. The van der Waals surface area contributed by atoms with Crippen molar-refractivity contribution >= 4 is 19.8 Å². The van der Waals surface area contributed by atoms with Crippen LogP contribution in [-0.4, -0.2) is 77.4 Å². The minimum absolute atomic E-state index is 0.155. The molecule has 0 spiro atoms. The summed E-state index contributed by atoms with van der Waals surface area (Å²) in [5.41, 5.74) is 0. The number of carbonyl (C=O) groups is 2. The van der Waals surface area contributed by atoms with Crippen LogP contribution >= 0.6 is 7.82 Å². The normalized spacial score (nSPS) is 14.6. The Hall–Kier alpha value is -2.11. The Morgan fingerprint density at radius 2 is 1.12 bits per heavy atom. The number of aliphatic hydroxyl groups is 3. The predicted octanol–water partition coefficient (Wildman–Crippen LogP) is 8.60. The molecule has 0 bridgehead atoms. The summed E-state index contributed by atoms with van der Waals surface area (Å²) in [5, 5.41) is 27.0. The van der Waals surface area contributed by atoms with E-state index in [1.165, 1.54) is 32.1 Å². The number of ether oxygens (including phenoxy) is 2. The number of phosphoric ester groups is 1. The van der Waals surface area contributed by atoms with Gasteiger partial charge in [0.15, 0.2) is 6.10 Å². The number of carbonyl (C=O) groups excluding carboxylic acids is 2. The molecule has 0 aromatic heterocycles. The van der Waals surface area contributed by atoms with Crippen LogP contribution in [0.3, 0.4) is 0 Å². The molecule has 0 aromatic carbocycles. The van der Waals surface area contributed by atoms with Gasteiger partial charge in [-0.05, 0) is 63.7 Å². The maximum atomic E-state index is 12.5. The van der Waals surface area contributed by atoms with Crippen molar-refractivity contribution in [1.82, 2.24) is 0 Å². The lowest BCUT2D eigenvalue weighted by atomic mass is 10.0. The van der Waals surface area contributed by atoms with Crippen molar-refractivity contribution in [2.24, 2.45) is 5.92 Å². The van der Waals surface area contributed by atoms with Crippen molar-refractivity contribution in [3.8, 4) is 0 Å². The summed E-state index contributed by atoms with van der Waals surface area (Å²) in [6.45, 7) is 2.56. The van der Waals surface area contributed by atoms with Crippen LogP contribution in [0.15, 0.2) is 48.6 Å². The number of aliphatic hydroxyl groups excluding tert-OH is 3. The largest absolute Gasteiger partial charge is 0.472 e. The first-order valence-electron chi connectivity index (χ1n) is 19.6. The summed E-state index contributed by atoms with van der Waals surface area (Å²) >= 11 is 0. The summed E-state index contributed by atoms with van der Waals surface area (Å²) in [7, 11) is -4.63. The van der Waals surface area contributed by atoms with Gasteiger partial charge in [0.05, 0.1) is 19.8 Å². The maximum Gasteiger partial charge on any atom is 0.472 e. The highest BCUT2D eigenvalue weighted by Crippen LogP contribution is 2.43. The molecule has 0 heterocycles. The Kier molecular flexibility index (Phi) is 34.4. The molecule has 302 valence electrons. The van der Waals surface area contributed by atoms with Crippen LogP contribution in [0.25, 0.3) is 0 Å². The van der Waals surface area contributed by atoms with E-state index in [1.807, 2.05) is 12.2 Å². The lowest BCUT2D eigenvalue weighted by molar-refractivity contribution is -0.161. The van der Waals surface area contributed by atoms with Crippen molar-refractivity contribution in [1.29, 1.82) is 0 Å². The third-order valence-electron chi connectivity index (χ3n) is 7.97. The van der Waals surface area contributed by atoms with Gasteiger partial charge in [0.2, 0.25) is 0 Å². The summed E-state index contributed by atoms with van der Waals surface area (Å²) in [6, 6.07) is 0. The molecule has 1 unspecified atom stereocenters. The Morgan fingerprint density at radius 1 is 0.615 bits per heavy atom. The predicted molar refractivity (Wildman–Crippen MR) is 206 cm³/mol. The van der Waals surface area contributed by atoms with Crippen LogP contribution in [0.5, 0.6) is 0 Å². The SMILES string of the molecule is CC(C)CCCCCCCCCCC(=O)O[C@H](COC(=O)CCC/C=C\C/C=C\C/C=C\C/C=C\CCCCCO)COP(=O)(O)OC[C@@H](O)CO. The minimum Gasteiger partial charge on any atom is -0.462 e. The molecule has 0 aliphatic rings. The third-order valence-corrected chi connectivity index (χ3v) is 8.92. The van der Waals surface area contributed by atoms with E-state index >= 15 is 0 Å². The quantitative estimate of drug-likeness (QED) is 0.0209. The number of unbranched alkanes of at least 4 members (excludes halogenated alkanes) is 11. The van der Waals surface area contributed by atoms with Gasteiger partial charge in [-0.25, -0.2) is 4.57 Å². The van der Waals surface area contributed by atoms with E-state index in [2.05, 4.69) is 54.8 Å². The van der Waals surface area contributed by atoms with Crippen LogP contribution in [-0.2, 0) is 32.7 Å². The van der Waals surface area contributed by atoms with Gasteiger partial charge in [0.1, 0.15) is 12.7 Å². The zero-order chi connectivity index (χ0) is 38.5. The van der Waals surface area contributed by atoms with Crippen molar-refractivity contribution in [3.05, 3.63) is 48.6 Å². The molecule has 0 rings (SSSR count). The molecular formula is C40H71O11P. The average Bonchev–Trinajstić information content (AvgIpc) is 3.11. The topological polar surface area (TPSA) is 169 Å². The van der Waals surface area contributed by atoms with Gasteiger partial charge >= 0.3 is 19.8 Å². The molecule has 0 aliphatic heterocycles. The van der Waals surface area contributed by atoms with Crippen LogP contribution in [0.4, 0.5) is 0 Å². The van der Waals surface area contributed by atoms with Gasteiger partial charge in [-0.3, -0.25) is 18.6 Å². The van der Waals surface area contributed by atoms with Crippen molar-refractivity contribution in [2.75, 3.05) is 33.0 Å². The second-order valence-corrected chi connectivity index (χ2v) is 15.0. The van der Waals surface area contributed by atoms with Crippen LogP contribution in [0.2, 0.25) is 0 Å². The Balaban J connectivity index is 4.43. The molecule has 52 heavy (non-hydrogen) atoms. The molecule has 0 aromatic rings. The van der Waals surface area contributed by atoms with Gasteiger partial charge in [-0.15, -0.1) is 0 Å². The maximum absolute atomic E-state index is 12.5. The molecule has 0 fully saturated rings. The molecule has 0 saturated carbocycles. The van der Waals surface area contributed by atoms with Gasteiger partial charge in [-0.2, -0.15) is 0 Å². The second-order valence-electron chi connectivity index (χ2n) is 13.5. The Morgan fingerprint density at radius 3 is 1.69 bits per heavy atom. The van der Waals surface area contributed by atoms with Crippen molar-refractivity contribution in [2.45, 2.75) is 154 Å². The van der Waals surface area contributed by atoms with Crippen molar-refractivity contribution in [3.63, 3.8) is 0 Å². The molecule has 12 heteroatoms. The number of allylic oxidation sites excluding steroid dienone is 8. The standard InChI is InChI=1S/C40H71O11P/c1-36(2)28-24-20-16-13-14-18-22-26-30-40(45)51-38(35-50-52(46,47)49-33-37(43)32-42)34-48-39(44)29-25-21-17-12-10-8-6-4-3-5-7-9-11-15-19-23-27-31-41/h3,5-6,8-9,11-12,17,36-38,41-43H,4,7,10,13-16,18-35H2,1-2H3,(H,46,47)/b5-3-,8-6-,11-9-,17-12-/t37-,38+/m0/s1. The summed E-state index contributed by atoms with van der Waals surface area (Å²) in [4.78, 5) is 34.8. The molecule has 11 nitrogen and oxygen atoms in total. The monoisotopic (exact) mass is 758 g/mol. The van der Waals surface area contributed by atoms with Gasteiger partial charge in [0.25, 0.3) is 0 Å². The number of esters is 2. The fraction of sp³-hybridized carbons (Fsp3) is 0.750. The molecule has 4 N–H and O–H groups in total. The molecule has 0 radical (unpaired) electrons. The van der Waals surface area contributed by atoms with E-state index in [0.717, 1.165) is 70.1 Å². The van der Waals surface area contributed by atoms with Gasteiger partial charge in [0, 0.05) is 19.4 Å². The lowest BCUT2D eigenvalue weighted by Crippen LogP contribution is -2.29. The first-order chi connectivity index (χ1) is 25.1. The lowest BCUT2D eigenvalue weighted by Gasteiger charge is -2.20. The highest BCUT2D eigenvalue weighted by Gasteiger charge is 2.27.